The van der Waals surface area contributed by atoms with Crippen molar-refractivity contribution in [3.63, 3.8) is 0 Å². The molecule has 2 N–H and O–H groups in total. The van der Waals surface area contributed by atoms with E-state index < -0.39 is 139 Å². The Balaban J connectivity index is 0.000000287. The van der Waals surface area contributed by atoms with Gasteiger partial charge in [0.2, 0.25) is 23.8 Å². The molecule has 4 fully saturated rings. The number of rotatable bonds is 15. The van der Waals surface area contributed by atoms with Gasteiger partial charge in [-0.15, -0.1) is 0 Å². The Morgan fingerprint density at radius 2 is 1.02 bits per heavy atom. The van der Waals surface area contributed by atoms with Crippen molar-refractivity contribution in [2.45, 2.75) is 237 Å². The summed E-state index contributed by atoms with van der Waals surface area (Å²) in [5.74, 6) is -12.3. The molecule has 0 unspecified atom stereocenters. The van der Waals surface area contributed by atoms with E-state index in [9.17, 15) is 69.1 Å². The summed E-state index contributed by atoms with van der Waals surface area (Å²) in [4.78, 5) is 146. The maximum absolute atomic E-state index is 14.8. The molecule has 2 aromatic heterocycles. The predicted octanol–water partition coefficient (Wildman–Crippen LogP) is 6.94. The summed E-state index contributed by atoms with van der Waals surface area (Å²) in [6.45, 7) is 15.4. The van der Waals surface area contributed by atoms with Crippen molar-refractivity contribution in [1.82, 2.24) is 29.7 Å². The van der Waals surface area contributed by atoms with Crippen LogP contribution in [0.2, 0.25) is 0 Å². The number of carbonyl (C=O) groups excluding carboxylic acids is 8. The van der Waals surface area contributed by atoms with E-state index in [-0.39, 0.29) is 242 Å². The van der Waals surface area contributed by atoms with Crippen LogP contribution in [-0.4, -0.2) is 158 Å². The summed E-state index contributed by atoms with van der Waals surface area (Å²) in [6.07, 6.45) is 11.5. The van der Waals surface area contributed by atoms with Gasteiger partial charge in [0.05, 0.1) is 88.6 Å². The average Bonchev–Trinajstić information content (AvgIpc) is 1.58. The molecule has 5 aromatic rings. The van der Waals surface area contributed by atoms with Crippen LogP contribution in [0.5, 0.6) is 5.88 Å². The van der Waals surface area contributed by atoms with Gasteiger partial charge in [-0.25, -0.2) is 15.0 Å². The number of nitrogens with zero attached hydrogens (tertiary/aromatic N) is 5. The molecule has 2 saturated heterocycles. The van der Waals surface area contributed by atoms with E-state index in [2.05, 4.69) is 35.9 Å². The fourth-order valence-electron chi connectivity index (χ4n) is 14.6. The van der Waals surface area contributed by atoms with Gasteiger partial charge in [-0.05, 0) is 167 Å². The van der Waals surface area contributed by atoms with Crippen molar-refractivity contribution >= 4 is 102 Å². The van der Waals surface area contributed by atoms with Crippen molar-refractivity contribution in [2.75, 3.05) is 26.3 Å². The summed E-state index contributed by atoms with van der Waals surface area (Å²) in [6, 6.07) is 17.1. The number of halogens is 5. The monoisotopic (exact) mass is 1930 g/mol. The number of allylic oxidation sites excluding steroid dienone is 4. The molecule has 115 heavy (non-hydrogen) atoms. The quantitative estimate of drug-likeness (QED) is 0.0352. The van der Waals surface area contributed by atoms with Gasteiger partial charge in [0.25, 0.3) is 27.5 Å². The van der Waals surface area contributed by atoms with E-state index in [0.29, 0.717) is 73.4 Å². The third kappa shape index (κ3) is 28.3. The van der Waals surface area contributed by atoms with Crippen LogP contribution in [-0.2, 0) is 83.5 Å². The maximum atomic E-state index is 14.8. The largest absolute Gasteiger partial charge is 1.00 e. The standard InChI is InChI=1S/C37H47F2N3O7.C33H44BrNO9S.C10H8F2N2O.CH2O3.2Cs/c1-6-47-34(46)37-20-24(37)15-11-9-7-8-10-14-23(18-30(44)49-35(2,3)4)33(45)42-22-25(19-28(42)29(43)21-37)48-32-31(36(5,38)39)40-26-16-12-13-17-27(26)41-32;1-5-42-31(39)33-19-23(33)12-10-8-6-7-9-11-22(17-29(37)43-32(2,3)4)30(38)35-21-25(18-27(35)28(36)20-33)44-45(40,41)26-15-13-24(34)14-16-26;1-10(11,12)8-9(15)14-7-5-3-2-4-6(7)13-8;2-1(3)4;;/h11-13,15-17,23-25,28H,6-10,14,18-22H2,1-5H3;10,12-16,22-23,25,27H,5-9,11,17-21H2,1-4H3;2-5H,1H3,(H,14,15);(H2,2,3,4);;/q;;;;2*+1/p-1/b15-11-;12-10-;;;;/t23-,24-,25-,28+,37-;22-,23-,25+,27+,33-;;;;/m11..../s1. The number of hydrogen-bond donors (Lipinski definition) is 2. The zero-order valence-corrected chi connectivity index (χ0v) is 82.1. The number of para-hydroxylation sites is 4. The van der Waals surface area contributed by atoms with E-state index in [1.54, 1.807) is 116 Å². The van der Waals surface area contributed by atoms with E-state index in [4.69, 9.17) is 42.9 Å². The summed E-state index contributed by atoms with van der Waals surface area (Å²) in [7, 11) is -4.21. The molecule has 2 saturated carbocycles. The fourth-order valence-corrected chi connectivity index (χ4v) is 15.9. The molecule has 4 aliphatic heterocycles. The van der Waals surface area contributed by atoms with Gasteiger partial charge in [-0.3, -0.25) is 47.3 Å². The molecule has 3 aromatic carbocycles. The molecule has 10 atom stereocenters. The first kappa shape index (κ1) is 98.9. The number of H-pyrrole nitrogens is 1. The van der Waals surface area contributed by atoms with Crippen LogP contribution in [0.15, 0.2) is 111 Å². The third-order valence-corrected chi connectivity index (χ3v) is 21.9. The predicted molar refractivity (Wildman–Crippen MR) is 406 cm³/mol. The zero-order valence-electron chi connectivity index (χ0n) is 67.2. The number of amides is 2. The Hall–Kier alpha value is -4.94. The molecule has 616 valence electrons. The minimum atomic E-state index is -4.21. The van der Waals surface area contributed by atoms with Crippen molar-refractivity contribution in [3.8, 4) is 5.88 Å². The van der Waals surface area contributed by atoms with E-state index in [1.165, 1.54) is 21.9 Å². The first-order valence-corrected chi connectivity index (χ1v) is 40.2. The Morgan fingerprint density at radius 3 is 1.46 bits per heavy atom. The van der Waals surface area contributed by atoms with Gasteiger partial charge in [0, 0.05) is 62.4 Å². The molecule has 34 heteroatoms. The molecule has 6 aliphatic rings. The zero-order chi connectivity index (χ0) is 83.2. The SMILES string of the molecule is CC(F)(F)c1nc2ccccc2[nH]c1=O.CCOC(=O)[C@]12CC(=O)[C@@H]3C[C@@H](Oc4nc5ccccc5nc4C(C)(F)F)CN3C(=O)[C@@H](CC(=O)OC(C)(C)C)CCCCC/C=C\[C@@H]1C2.CCOC(=O)[C@]12CC(=O)[C@@H]3C[C@H](OS(=O)(=O)c4ccc(Br)cc4)CN3C(=O)[C@@H](CC(=O)OC(C)(C)C)CCCCC/C=C\[C@@H]1C2.O=C([O-])O.[Cs+].[Cs+]. The molecule has 11 rings (SSSR count). The van der Waals surface area contributed by atoms with Gasteiger partial charge in [-0.2, -0.15) is 26.0 Å². The van der Waals surface area contributed by atoms with E-state index in [1.807, 2.05) is 24.3 Å². The number of esters is 4. The molecule has 6 heterocycles. The van der Waals surface area contributed by atoms with E-state index >= 15 is 0 Å². The summed E-state index contributed by atoms with van der Waals surface area (Å²) in [5, 5.41) is 15.3. The average molecular weight is 1930 g/mol. The Morgan fingerprint density at radius 1 is 0.600 bits per heavy atom. The Bertz CT molecular complexity index is 4530. The van der Waals surface area contributed by atoms with Crippen LogP contribution < -0.4 is 153 Å². The van der Waals surface area contributed by atoms with Gasteiger partial charge in [0.15, 0.2) is 23.0 Å². The number of benzene rings is 3. The number of ketones is 2. The molecule has 2 aliphatic carbocycles. The van der Waals surface area contributed by atoms with E-state index in [0.717, 1.165) is 38.5 Å². The molecular weight excluding hydrogens is 1830 g/mol. The molecule has 2 amide bonds. The first-order valence-electron chi connectivity index (χ1n) is 38.0. The minimum absolute atomic E-state index is 0. The third-order valence-electron chi connectivity index (χ3n) is 20.0. The number of Topliss-reactive ketones (excluding diaryl/α,β-unsaturated/α-hetero) is 2. The van der Waals surface area contributed by atoms with Crippen LogP contribution in [0, 0.1) is 34.5 Å². The molecular formula is C81H100BrCs2F4N6O20S+. The fraction of sp³-hybridized carbons (Fsp3) is 0.568. The van der Waals surface area contributed by atoms with Gasteiger partial charge in [0.1, 0.15) is 17.3 Å². The summed E-state index contributed by atoms with van der Waals surface area (Å²) >= 11 is 3.29. The van der Waals surface area contributed by atoms with Gasteiger partial charge < -0.3 is 53.5 Å². The van der Waals surface area contributed by atoms with Gasteiger partial charge in [-0.1, -0.05) is 90.2 Å². The number of carbonyl (C=O) groups is 9. The summed E-state index contributed by atoms with van der Waals surface area (Å²) < 4.78 is 116. The van der Waals surface area contributed by atoms with Crippen LogP contribution in [0.25, 0.3) is 22.1 Å². The number of aromatic amines is 1. The summed E-state index contributed by atoms with van der Waals surface area (Å²) in [5.41, 5.74) is -4.34. The smallest absolute Gasteiger partial charge is 0.565 e. The van der Waals surface area contributed by atoms with Crippen LogP contribution >= 0.6 is 15.9 Å². The second-order valence-corrected chi connectivity index (χ2v) is 33.9. The van der Waals surface area contributed by atoms with Crippen LogP contribution in [0.1, 0.15) is 196 Å². The molecule has 0 bridgehead atoms. The second-order valence-electron chi connectivity index (χ2n) is 31.5. The number of hydrogen-bond acceptors (Lipinski definition) is 22. The van der Waals surface area contributed by atoms with Crippen LogP contribution in [0.4, 0.5) is 22.4 Å². The number of aromatic nitrogens is 4. The van der Waals surface area contributed by atoms with Crippen molar-refractivity contribution in [1.29, 1.82) is 0 Å². The Labute approximate surface area is 792 Å². The van der Waals surface area contributed by atoms with Crippen molar-refractivity contribution in [3.05, 3.63) is 123 Å². The number of fused-ring (bicyclic) bond motifs is 6. The van der Waals surface area contributed by atoms with Crippen LogP contribution in [0.3, 0.4) is 0 Å². The first-order chi connectivity index (χ1) is 53.0. The molecule has 26 nitrogen and oxygen atoms in total. The number of carboxylic acid groups (broad SMARTS) is 2. The minimum Gasteiger partial charge on any atom is -0.565 e. The van der Waals surface area contributed by atoms with Gasteiger partial charge >= 0.3 is 162 Å². The normalized spacial score (nSPS) is 24.7. The number of alkyl halides is 4. The van der Waals surface area contributed by atoms with Crippen molar-refractivity contribution in [2.24, 2.45) is 34.5 Å². The Kier molecular flexibility index (Phi) is 37.0. The second kappa shape index (κ2) is 43.0. The maximum Gasteiger partial charge on any atom is 1.00 e. The topological polar surface area (TPSA) is 364 Å². The number of ether oxygens (including phenoxy) is 5. The molecule has 0 spiro atoms. The molecule has 0 radical (unpaired) electrons. The number of nitrogens with one attached hydrogen (secondary N) is 1. The van der Waals surface area contributed by atoms with Crippen molar-refractivity contribution < 1.29 is 245 Å².